The van der Waals surface area contributed by atoms with Crippen molar-refractivity contribution in [3.05, 3.63) is 83.5 Å². The van der Waals surface area contributed by atoms with E-state index in [0.29, 0.717) is 29.1 Å². The van der Waals surface area contributed by atoms with Gasteiger partial charge in [-0.15, -0.1) is 0 Å². The number of anilines is 5. The maximum Gasteiger partial charge on any atom is 0.229 e. The Kier molecular flexibility index (Phi) is 7.70. The lowest BCUT2D eigenvalue weighted by atomic mass is 10.2. The molecule has 2 aromatic heterocycles. The van der Waals surface area contributed by atoms with Gasteiger partial charge >= 0.3 is 0 Å². The minimum Gasteiger partial charge on any atom is -0.494 e. The predicted molar refractivity (Wildman–Crippen MR) is 154 cm³/mol. The molecule has 0 bridgehead atoms. The molecule has 0 unspecified atom stereocenters. The fourth-order valence-electron chi connectivity index (χ4n) is 4.32. The van der Waals surface area contributed by atoms with Crippen LogP contribution in [0.25, 0.3) is 0 Å². The van der Waals surface area contributed by atoms with Gasteiger partial charge in [0.25, 0.3) is 0 Å². The topological polar surface area (TPSA) is 87.5 Å². The first kappa shape index (κ1) is 26.2. The smallest absolute Gasteiger partial charge is 0.229 e. The average molecular weight is 556 g/mol. The molecule has 1 aliphatic heterocycles. The zero-order valence-corrected chi connectivity index (χ0v) is 22.9. The summed E-state index contributed by atoms with van der Waals surface area (Å²) in [5.41, 5.74) is 3.58. The molecule has 11 heteroatoms. The molecular formula is C27H30ClFN6O2P. The Morgan fingerprint density at radius 3 is 2.61 bits per heavy atom. The molecular weight excluding hydrogens is 526 g/mol. The van der Waals surface area contributed by atoms with Crippen molar-refractivity contribution in [1.29, 1.82) is 0 Å². The van der Waals surface area contributed by atoms with Crippen LogP contribution in [0.1, 0.15) is 5.56 Å². The van der Waals surface area contributed by atoms with Gasteiger partial charge in [0.05, 0.1) is 24.7 Å². The second kappa shape index (κ2) is 11.2. The highest BCUT2D eigenvalue weighted by atomic mass is 35.5. The van der Waals surface area contributed by atoms with Crippen LogP contribution in [0.4, 0.5) is 33.2 Å². The molecule has 8 nitrogen and oxygen atoms in total. The molecule has 1 radical (unpaired) electrons. The maximum atomic E-state index is 13.2. The van der Waals surface area contributed by atoms with Gasteiger partial charge in [0.1, 0.15) is 16.6 Å². The number of nitrogens with one attached hydrogen (secondary N) is 2. The lowest BCUT2D eigenvalue weighted by molar-refractivity contribution is 0.417. The summed E-state index contributed by atoms with van der Waals surface area (Å²) in [6, 6.07) is 14.3. The van der Waals surface area contributed by atoms with Gasteiger partial charge in [0.2, 0.25) is 5.95 Å². The Morgan fingerprint density at radius 1 is 1.11 bits per heavy atom. The maximum absolute atomic E-state index is 13.2. The van der Waals surface area contributed by atoms with Crippen molar-refractivity contribution in [3.8, 4) is 5.75 Å². The second-order valence-electron chi connectivity index (χ2n) is 9.50. The summed E-state index contributed by atoms with van der Waals surface area (Å²) in [5, 5.41) is 6.84. The van der Waals surface area contributed by atoms with Gasteiger partial charge in [-0.05, 0) is 50.0 Å². The minimum absolute atomic E-state index is 0.250. The first-order chi connectivity index (χ1) is 18.3. The van der Waals surface area contributed by atoms with Gasteiger partial charge in [0, 0.05) is 56.1 Å². The molecule has 199 valence electrons. The molecule has 0 atom stereocenters. The fourth-order valence-corrected chi connectivity index (χ4v) is 6.03. The van der Waals surface area contributed by atoms with Crippen LogP contribution in [0.5, 0.6) is 5.75 Å². The van der Waals surface area contributed by atoms with E-state index in [1.54, 1.807) is 19.2 Å². The number of aromatic nitrogens is 3. The number of halogens is 2. The van der Waals surface area contributed by atoms with Crippen LogP contribution in [0.15, 0.2) is 67.1 Å². The molecule has 0 spiro atoms. The first-order valence-electron chi connectivity index (χ1n) is 12.3. The summed E-state index contributed by atoms with van der Waals surface area (Å²) < 4.78 is 20.8. The molecule has 4 aromatic rings. The molecule has 38 heavy (non-hydrogen) atoms. The van der Waals surface area contributed by atoms with E-state index in [1.807, 2.05) is 47.9 Å². The molecule has 3 heterocycles. The van der Waals surface area contributed by atoms with E-state index in [9.17, 15) is 9.28 Å². The Hall–Kier alpha value is -3.39. The van der Waals surface area contributed by atoms with Crippen LogP contribution in [-0.2, 0) is 6.54 Å². The third-order valence-corrected chi connectivity index (χ3v) is 9.14. The number of methoxy groups -OCH3 is 1. The van der Waals surface area contributed by atoms with E-state index >= 15 is 0 Å². The summed E-state index contributed by atoms with van der Waals surface area (Å²) >= 11 is 6.41. The normalized spacial score (nSPS) is 14.8. The van der Waals surface area contributed by atoms with Crippen LogP contribution in [0, 0.1) is 5.82 Å². The molecule has 1 fully saturated rings. The molecule has 0 aliphatic carbocycles. The molecule has 2 aromatic carbocycles. The molecule has 1 saturated heterocycles. The van der Waals surface area contributed by atoms with Crippen molar-refractivity contribution in [3.63, 3.8) is 0 Å². The highest BCUT2D eigenvalue weighted by Crippen LogP contribution is 2.52. The zero-order chi connectivity index (χ0) is 26.7. The number of benzene rings is 2. The van der Waals surface area contributed by atoms with Gasteiger partial charge < -0.3 is 29.7 Å². The van der Waals surface area contributed by atoms with Gasteiger partial charge in [0.15, 0.2) is 5.82 Å². The van der Waals surface area contributed by atoms with Crippen molar-refractivity contribution in [2.75, 3.05) is 54.7 Å². The summed E-state index contributed by atoms with van der Waals surface area (Å²) in [5.74, 6) is 1.24. The molecule has 5 rings (SSSR count). The fraction of sp³-hybridized carbons (Fsp3) is 0.259. The molecule has 3 N–H and O–H groups in total. The van der Waals surface area contributed by atoms with E-state index in [2.05, 4.69) is 25.5 Å². The standard InChI is InChI=1S/C27H30ClFN6O2P/c1-37-25-15-22(35-11-13-38(2,36)14-12-35)7-8-24(25)32-26-23(28)16-30-27(33-26)31-21-9-10-34(18-21)17-19-3-5-20(29)6-4-19/h3-10,15-16,18,36H,11-14,17H2,1-2H3,(H2,30,31,32,33). The lowest BCUT2D eigenvalue weighted by Gasteiger charge is -2.38. The number of hydrogen-bond acceptors (Lipinski definition) is 7. The van der Waals surface area contributed by atoms with Crippen LogP contribution >= 0.6 is 19.1 Å². The Morgan fingerprint density at radius 2 is 1.87 bits per heavy atom. The highest BCUT2D eigenvalue weighted by Gasteiger charge is 2.26. The van der Waals surface area contributed by atoms with Crippen LogP contribution in [0.2, 0.25) is 5.02 Å². The molecule has 0 saturated carbocycles. The SMILES string of the molecule is COc1cc(N2CC[P](C)(O)CC2)ccc1Nc1nc(Nc2ccn(Cc3ccc(F)cc3)c2)ncc1Cl. The zero-order valence-electron chi connectivity index (χ0n) is 21.2. The van der Waals surface area contributed by atoms with Crippen LogP contribution < -0.4 is 20.3 Å². The molecule has 1 aliphatic rings. The first-order valence-corrected chi connectivity index (χ1v) is 15.2. The summed E-state index contributed by atoms with van der Waals surface area (Å²) in [4.78, 5) is 21.5. The van der Waals surface area contributed by atoms with Crippen LogP contribution in [0.3, 0.4) is 0 Å². The predicted octanol–water partition coefficient (Wildman–Crippen LogP) is 5.99. The van der Waals surface area contributed by atoms with Crippen molar-refractivity contribution >= 4 is 47.9 Å². The summed E-state index contributed by atoms with van der Waals surface area (Å²) in [7, 11) is -0.128. The molecule has 0 amide bonds. The van der Waals surface area contributed by atoms with Gasteiger partial charge in [-0.1, -0.05) is 23.7 Å². The largest absolute Gasteiger partial charge is 0.494 e. The number of nitrogens with zero attached hydrogens (tertiary/aromatic N) is 4. The quantitative estimate of drug-likeness (QED) is 0.230. The van der Waals surface area contributed by atoms with Crippen molar-refractivity contribution < 1.29 is 14.0 Å². The monoisotopic (exact) mass is 555 g/mol. The van der Waals surface area contributed by atoms with E-state index < -0.39 is 7.49 Å². The van der Waals surface area contributed by atoms with Gasteiger partial charge in [-0.25, -0.2) is 9.37 Å². The third-order valence-electron chi connectivity index (χ3n) is 6.54. The van der Waals surface area contributed by atoms with Crippen molar-refractivity contribution in [1.82, 2.24) is 14.5 Å². The Labute approximate surface area is 226 Å². The number of rotatable bonds is 8. The summed E-state index contributed by atoms with van der Waals surface area (Å²) in [6.45, 7) is 4.27. The Balaban J connectivity index is 1.28. The Bertz CT molecular complexity index is 1410. The highest BCUT2D eigenvalue weighted by molar-refractivity contribution is 7.69. The van der Waals surface area contributed by atoms with Crippen molar-refractivity contribution in [2.24, 2.45) is 0 Å². The van der Waals surface area contributed by atoms with Gasteiger partial charge in [-0.2, -0.15) is 4.98 Å². The number of ether oxygens (including phenoxy) is 1. The van der Waals surface area contributed by atoms with Gasteiger partial charge in [-0.3, -0.25) is 0 Å². The number of hydrogen-bond donors (Lipinski definition) is 3. The second-order valence-corrected chi connectivity index (χ2v) is 13.5. The summed E-state index contributed by atoms with van der Waals surface area (Å²) in [6.07, 6.45) is 7.06. The third kappa shape index (κ3) is 6.35. The van der Waals surface area contributed by atoms with E-state index in [-0.39, 0.29) is 5.82 Å². The van der Waals surface area contributed by atoms with Crippen molar-refractivity contribution in [2.45, 2.75) is 6.54 Å². The average Bonchev–Trinajstić information content (AvgIpc) is 3.34. The van der Waals surface area contributed by atoms with E-state index in [0.717, 1.165) is 48.0 Å². The lowest BCUT2D eigenvalue weighted by Crippen LogP contribution is -2.36. The van der Waals surface area contributed by atoms with E-state index in [4.69, 9.17) is 16.3 Å². The minimum atomic E-state index is -1.75. The van der Waals surface area contributed by atoms with E-state index in [1.165, 1.54) is 18.3 Å². The van der Waals surface area contributed by atoms with Crippen LogP contribution in [-0.4, -0.2) is 58.6 Å².